The summed E-state index contributed by atoms with van der Waals surface area (Å²) in [5.41, 5.74) is 0. The van der Waals surface area contributed by atoms with E-state index in [-0.39, 0.29) is 13.2 Å². The largest absolute Gasteiger partial charge is 0.473 e. The maximum absolute atomic E-state index is 8.33. The van der Waals surface area contributed by atoms with Crippen LogP contribution in [-0.4, -0.2) is 10.2 Å². The Labute approximate surface area is 110 Å². The lowest BCUT2D eigenvalue weighted by Crippen LogP contribution is -1.72. The van der Waals surface area contributed by atoms with Gasteiger partial charge < -0.3 is 23.5 Å². The SMILES string of the molecule is OCc1ccco1.OCc1ccco1.c1ccoc1. The van der Waals surface area contributed by atoms with Gasteiger partial charge in [-0.25, -0.2) is 0 Å². The van der Waals surface area contributed by atoms with Crippen LogP contribution in [0.3, 0.4) is 0 Å². The van der Waals surface area contributed by atoms with Crippen molar-refractivity contribution in [3.8, 4) is 0 Å². The molecule has 0 spiro atoms. The molecule has 2 N–H and O–H groups in total. The zero-order valence-electron chi connectivity index (χ0n) is 10.3. The molecule has 0 saturated carbocycles. The highest BCUT2D eigenvalue weighted by Gasteiger charge is 1.86. The summed E-state index contributed by atoms with van der Waals surface area (Å²) in [6.45, 7) is -0.0139. The maximum atomic E-state index is 8.33. The van der Waals surface area contributed by atoms with Crippen molar-refractivity contribution in [2.75, 3.05) is 0 Å². The van der Waals surface area contributed by atoms with E-state index in [2.05, 4.69) is 4.42 Å². The third-order valence-corrected chi connectivity index (χ3v) is 1.90. The summed E-state index contributed by atoms with van der Waals surface area (Å²) < 4.78 is 14.0. The van der Waals surface area contributed by atoms with Crippen LogP contribution in [0.5, 0.6) is 0 Å². The van der Waals surface area contributed by atoms with Gasteiger partial charge >= 0.3 is 0 Å². The first kappa shape index (κ1) is 14.8. The van der Waals surface area contributed by atoms with E-state index in [1.54, 1.807) is 36.8 Å². The maximum Gasteiger partial charge on any atom is 0.129 e. The van der Waals surface area contributed by atoms with Gasteiger partial charge in [0.2, 0.25) is 0 Å². The molecular formula is C14H16O5. The van der Waals surface area contributed by atoms with Crippen LogP contribution in [0.1, 0.15) is 11.5 Å². The summed E-state index contributed by atoms with van der Waals surface area (Å²) in [5, 5.41) is 16.7. The lowest BCUT2D eigenvalue weighted by molar-refractivity contribution is 0.247. The van der Waals surface area contributed by atoms with Crippen LogP contribution < -0.4 is 0 Å². The lowest BCUT2D eigenvalue weighted by Gasteiger charge is -1.79. The fourth-order valence-corrected chi connectivity index (χ4v) is 1.03. The second-order valence-electron chi connectivity index (χ2n) is 3.27. The molecular weight excluding hydrogens is 248 g/mol. The number of aliphatic hydroxyl groups excluding tert-OH is 2. The molecule has 0 aliphatic rings. The topological polar surface area (TPSA) is 79.9 Å². The average Bonchev–Trinajstić information content (AvgIpc) is 3.23. The minimum atomic E-state index is -0.00694. The number of aliphatic hydroxyl groups is 2. The number of hydrogen-bond acceptors (Lipinski definition) is 5. The zero-order chi connectivity index (χ0) is 13.8. The minimum Gasteiger partial charge on any atom is -0.473 e. The van der Waals surface area contributed by atoms with Crippen LogP contribution in [0.4, 0.5) is 0 Å². The molecule has 0 amide bonds. The Morgan fingerprint density at radius 1 is 0.684 bits per heavy atom. The van der Waals surface area contributed by atoms with Gasteiger partial charge in [-0.3, -0.25) is 0 Å². The van der Waals surface area contributed by atoms with Gasteiger partial charge in [-0.15, -0.1) is 0 Å². The molecule has 5 heteroatoms. The molecule has 0 aliphatic carbocycles. The molecule has 0 atom stereocenters. The summed E-state index contributed by atoms with van der Waals surface area (Å²) >= 11 is 0. The van der Waals surface area contributed by atoms with Gasteiger partial charge in [0.15, 0.2) is 0 Å². The second kappa shape index (κ2) is 9.76. The van der Waals surface area contributed by atoms with Crippen molar-refractivity contribution in [3.05, 3.63) is 73.0 Å². The summed E-state index contributed by atoms with van der Waals surface area (Å²) in [4.78, 5) is 0. The van der Waals surface area contributed by atoms with E-state index in [0.717, 1.165) is 0 Å². The third kappa shape index (κ3) is 6.92. The second-order valence-corrected chi connectivity index (χ2v) is 3.27. The van der Waals surface area contributed by atoms with Crippen molar-refractivity contribution >= 4 is 0 Å². The highest BCUT2D eigenvalue weighted by Crippen LogP contribution is 1.97. The molecule has 0 unspecified atom stereocenters. The summed E-state index contributed by atoms with van der Waals surface area (Å²) in [7, 11) is 0. The van der Waals surface area contributed by atoms with Gasteiger partial charge in [0.05, 0.1) is 25.1 Å². The molecule has 0 radical (unpaired) electrons. The molecule has 0 bridgehead atoms. The Morgan fingerprint density at radius 3 is 1.32 bits per heavy atom. The summed E-state index contributed by atoms with van der Waals surface area (Å²) in [5.74, 6) is 1.22. The Hall–Kier alpha value is -2.24. The standard InChI is InChI=1S/2C5H6O2.C4H4O/c2*6-4-5-2-1-3-7-5;1-2-4-5-3-1/h2*1-3,6H,4H2;1-4H. The van der Waals surface area contributed by atoms with Crippen LogP contribution >= 0.6 is 0 Å². The van der Waals surface area contributed by atoms with E-state index in [0.29, 0.717) is 11.5 Å². The Morgan fingerprint density at radius 2 is 1.16 bits per heavy atom. The van der Waals surface area contributed by atoms with E-state index < -0.39 is 0 Å². The van der Waals surface area contributed by atoms with E-state index >= 15 is 0 Å². The molecule has 3 aromatic heterocycles. The minimum absolute atomic E-state index is 0.00694. The van der Waals surface area contributed by atoms with Crippen molar-refractivity contribution in [2.24, 2.45) is 0 Å². The molecule has 0 aliphatic heterocycles. The average molecular weight is 264 g/mol. The summed E-state index contributed by atoms with van der Waals surface area (Å²) in [6.07, 6.45) is 6.32. The molecule has 3 rings (SSSR count). The van der Waals surface area contributed by atoms with E-state index in [4.69, 9.17) is 19.0 Å². The van der Waals surface area contributed by atoms with Crippen molar-refractivity contribution in [1.29, 1.82) is 0 Å². The number of furan rings is 3. The number of rotatable bonds is 2. The predicted molar refractivity (Wildman–Crippen MR) is 68.0 cm³/mol. The van der Waals surface area contributed by atoms with E-state index in [9.17, 15) is 0 Å². The normalized spacial score (nSPS) is 8.95. The summed E-state index contributed by atoms with van der Waals surface area (Å²) in [6, 6.07) is 10.6. The molecule has 19 heavy (non-hydrogen) atoms. The Kier molecular flexibility index (Phi) is 7.61. The van der Waals surface area contributed by atoms with Crippen LogP contribution in [-0.2, 0) is 13.2 Å². The highest BCUT2D eigenvalue weighted by atomic mass is 16.4. The van der Waals surface area contributed by atoms with Crippen molar-refractivity contribution in [2.45, 2.75) is 13.2 Å². The molecule has 5 nitrogen and oxygen atoms in total. The fourth-order valence-electron chi connectivity index (χ4n) is 1.03. The molecule has 0 saturated heterocycles. The molecule has 3 heterocycles. The van der Waals surface area contributed by atoms with Crippen molar-refractivity contribution in [3.63, 3.8) is 0 Å². The third-order valence-electron chi connectivity index (χ3n) is 1.90. The zero-order valence-corrected chi connectivity index (χ0v) is 10.3. The molecule has 0 aromatic carbocycles. The van der Waals surface area contributed by atoms with Gasteiger partial charge in [-0.05, 0) is 36.4 Å². The van der Waals surface area contributed by atoms with Crippen molar-refractivity contribution < 1.29 is 23.5 Å². The highest BCUT2D eigenvalue weighted by molar-refractivity contribution is 4.95. The molecule has 3 aromatic rings. The number of hydrogen-bond donors (Lipinski definition) is 2. The first-order chi connectivity index (χ1) is 9.36. The van der Waals surface area contributed by atoms with E-state index in [1.807, 2.05) is 12.1 Å². The molecule has 0 fully saturated rings. The van der Waals surface area contributed by atoms with Crippen LogP contribution in [0.25, 0.3) is 0 Å². The van der Waals surface area contributed by atoms with Crippen LogP contribution in [0.2, 0.25) is 0 Å². The first-order valence-corrected chi connectivity index (χ1v) is 5.60. The monoisotopic (exact) mass is 264 g/mol. The van der Waals surface area contributed by atoms with Gasteiger partial charge in [0.25, 0.3) is 0 Å². The Bertz CT molecular complexity index is 416. The van der Waals surface area contributed by atoms with Gasteiger partial charge in [0, 0.05) is 0 Å². The van der Waals surface area contributed by atoms with Gasteiger partial charge in [-0.2, -0.15) is 0 Å². The fraction of sp³-hybridized carbons (Fsp3) is 0.143. The van der Waals surface area contributed by atoms with Crippen LogP contribution in [0, 0.1) is 0 Å². The quantitative estimate of drug-likeness (QED) is 0.744. The Balaban J connectivity index is 0.000000145. The van der Waals surface area contributed by atoms with Gasteiger partial charge in [0.1, 0.15) is 24.7 Å². The first-order valence-electron chi connectivity index (χ1n) is 5.60. The smallest absolute Gasteiger partial charge is 0.129 e. The molecule has 102 valence electrons. The lowest BCUT2D eigenvalue weighted by atomic mass is 10.5. The van der Waals surface area contributed by atoms with Gasteiger partial charge in [-0.1, -0.05) is 0 Å². The van der Waals surface area contributed by atoms with Crippen LogP contribution in [0.15, 0.2) is 74.7 Å². The predicted octanol–water partition coefficient (Wildman–Crippen LogP) is 2.82. The van der Waals surface area contributed by atoms with Crippen molar-refractivity contribution in [1.82, 2.24) is 0 Å². The van der Waals surface area contributed by atoms with E-state index in [1.165, 1.54) is 12.5 Å².